The van der Waals surface area contributed by atoms with E-state index in [1.165, 1.54) is 30.6 Å². The van der Waals surface area contributed by atoms with Crippen LogP contribution in [0.25, 0.3) is 44.5 Å². The van der Waals surface area contributed by atoms with Crippen molar-refractivity contribution in [3.8, 4) is 28.3 Å². The normalized spacial score (nSPS) is 11.4. The molecule has 0 aliphatic carbocycles. The molecule has 10 heteroatoms. The van der Waals surface area contributed by atoms with Crippen LogP contribution in [0.5, 0.6) is 5.75 Å². The number of para-hydroxylation sites is 1. The highest BCUT2D eigenvalue weighted by molar-refractivity contribution is 5.98. The summed E-state index contributed by atoms with van der Waals surface area (Å²) >= 11 is 0. The Balaban J connectivity index is 1.59. The van der Waals surface area contributed by atoms with Gasteiger partial charge in [-0.2, -0.15) is 5.10 Å². The third-order valence-electron chi connectivity index (χ3n) is 6.38. The first-order valence-electron chi connectivity index (χ1n) is 11.8. The summed E-state index contributed by atoms with van der Waals surface area (Å²) < 4.78 is 30.1. The summed E-state index contributed by atoms with van der Waals surface area (Å²) in [4.78, 5) is 13.4. The SMILES string of the molecule is NCc1ccc(F)cc1-c1nc2ccccc2cc1Cn1nc(-c2cc(O)cc(F)c2)c2c(N)ncnc21. The number of fused-ring (bicyclic) bond motifs is 2. The average Bonchev–Trinajstić information content (AvgIpc) is 3.27. The quantitative estimate of drug-likeness (QED) is 0.305. The number of nitrogens with zero attached hydrogens (tertiary/aromatic N) is 5. The number of hydrogen-bond acceptors (Lipinski definition) is 7. The number of aromatic hydroxyl groups is 1. The van der Waals surface area contributed by atoms with Crippen LogP contribution in [0.3, 0.4) is 0 Å². The van der Waals surface area contributed by atoms with Crippen molar-refractivity contribution in [1.29, 1.82) is 0 Å². The summed E-state index contributed by atoms with van der Waals surface area (Å²) in [6, 6.07) is 17.7. The minimum atomic E-state index is -0.625. The minimum absolute atomic E-state index is 0.160. The number of hydrogen-bond donors (Lipinski definition) is 3. The maximum absolute atomic E-state index is 14.4. The Morgan fingerprint density at radius 2 is 1.71 bits per heavy atom. The average molecular weight is 510 g/mol. The Morgan fingerprint density at radius 3 is 2.53 bits per heavy atom. The first kappa shape index (κ1) is 23.4. The van der Waals surface area contributed by atoms with Gasteiger partial charge in [-0.25, -0.2) is 28.4 Å². The fourth-order valence-electron chi connectivity index (χ4n) is 4.68. The summed E-state index contributed by atoms with van der Waals surface area (Å²) in [5.74, 6) is -1.12. The van der Waals surface area contributed by atoms with Gasteiger partial charge < -0.3 is 16.6 Å². The van der Waals surface area contributed by atoms with Gasteiger partial charge >= 0.3 is 0 Å². The van der Waals surface area contributed by atoms with Crippen molar-refractivity contribution in [3.63, 3.8) is 0 Å². The second-order valence-corrected chi connectivity index (χ2v) is 8.86. The zero-order chi connectivity index (χ0) is 26.4. The van der Waals surface area contributed by atoms with E-state index < -0.39 is 11.6 Å². The molecular weight excluding hydrogens is 488 g/mol. The monoisotopic (exact) mass is 509 g/mol. The second-order valence-electron chi connectivity index (χ2n) is 8.86. The Kier molecular flexibility index (Phi) is 5.65. The smallest absolute Gasteiger partial charge is 0.164 e. The van der Waals surface area contributed by atoms with Gasteiger partial charge in [0.2, 0.25) is 0 Å². The van der Waals surface area contributed by atoms with E-state index in [9.17, 15) is 13.9 Å². The van der Waals surface area contributed by atoms with Gasteiger partial charge in [0.25, 0.3) is 0 Å². The number of pyridine rings is 1. The highest BCUT2D eigenvalue weighted by Gasteiger charge is 2.21. The van der Waals surface area contributed by atoms with Crippen LogP contribution in [0.2, 0.25) is 0 Å². The molecule has 0 bridgehead atoms. The predicted molar refractivity (Wildman–Crippen MR) is 141 cm³/mol. The van der Waals surface area contributed by atoms with Crippen molar-refractivity contribution in [2.45, 2.75) is 13.1 Å². The summed E-state index contributed by atoms with van der Waals surface area (Å²) in [6.07, 6.45) is 1.32. The summed E-state index contributed by atoms with van der Waals surface area (Å²) in [6.45, 7) is 0.382. The highest BCUT2D eigenvalue weighted by Crippen LogP contribution is 2.34. The van der Waals surface area contributed by atoms with Gasteiger partial charge in [0.15, 0.2) is 5.65 Å². The number of phenols is 1. The molecule has 0 atom stereocenters. The first-order valence-corrected chi connectivity index (χ1v) is 11.8. The molecule has 0 aliphatic rings. The van der Waals surface area contributed by atoms with Crippen LogP contribution in [0.1, 0.15) is 11.1 Å². The van der Waals surface area contributed by atoms with E-state index >= 15 is 0 Å². The van der Waals surface area contributed by atoms with E-state index in [0.29, 0.717) is 33.5 Å². The minimum Gasteiger partial charge on any atom is -0.508 e. The molecule has 3 aromatic heterocycles. The van der Waals surface area contributed by atoms with Crippen LogP contribution in [-0.4, -0.2) is 29.8 Å². The molecule has 0 amide bonds. The van der Waals surface area contributed by atoms with Gasteiger partial charge in [0.1, 0.15) is 35.2 Å². The van der Waals surface area contributed by atoms with Gasteiger partial charge in [0.05, 0.1) is 23.1 Å². The number of aromatic nitrogens is 5. The summed E-state index contributed by atoms with van der Waals surface area (Å²) in [5, 5.41) is 16.0. The van der Waals surface area contributed by atoms with E-state index in [-0.39, 0.29) is 24.7 Å². The van der Waals surface area contributed by atoms with Gasteiger partial charge in [-0.15, -0.1) is 0 Å². The molecule has 5 N–H and O–H groups in total. The van der Waals surface area contributed by atoms with Crippen molar-refractivity contribution in [3.05, 3.63) is 95.8 Å². The van der Waals surface area contributed by atoms with Gasteiger partial charge in [0, 0.05) is 34.7 Å². The molecule has 0 aliphatic heterocycles. The van der Waals surface area contributed by atoms with Crippen LogP contribution < -0.4 is 11.5 Å². The summed E-state index contributed by atoms with van der Waals surface area (Å²) in [5.41, 5.74) is 16.6. The molecule has 6 rings (SSSR count). The predicted octanol–water partition coefficient (Wildman–Crippen LogP) is 4.78. The number of nitrogens with two attached hydrogens (primary N) is 2. The fraction of sp³-hybridized carbons (Fsp3) is 0.0714. The van der Waals surface area contributed by atoms with E-state index in [0.717, 1.165) is 28.1 Å². The number of phenolic OH excluding ortho intramolecular Hbond substituents is 1. The van der Waals surface area contributed by atoms with E-state index in [1.54, 1.807) is 10.7 Å². The lowest BCUT2D eigenvalue weighted by atomic mass is 9.98. The second kappa shape index (κ2) is 9.16. The number of rotatable bonds is 5. The van der Waals surface area contributed by atoms with Gasteiger partial charge in [-0.05, 0) is 42.0 Å². The summed E-state index contributed by atoms with van der Waals surface area (Å²) in [7, 11) is 0. The van der Waals surface area contributed by atoms with Crippen molar-refractivity contribution >= 4 is 27.8 Å². The Hall–Kier alpha value is -4.96. The van der Waals surface area contributed by atoms with E-state index in [4.69, 9.17) is 21.5 Å². The lowest BCUT2D eigenvalue weighted by molar-refractivity contribution is 0.469. The van der Waals surface area contributed by atoms with Gasteiger partial charge in [-0.1, -0.05) is 24.3 Å². The number of anilines is 1. The van der Waals surface area contributed by atoms with Crippen molar-refractivity contribution < 1.29 is 13.9 Å². The molecule has 0 fully saturated rings. The van der Waals surface area contributed by atoms with Crippen molar-refractivity contribution in [2.24, 2.45) is 5.73 Å². The third-order valence-corrected chi connectivity index (χ3v) is 6.38. The van der Waals surface area contributed by atoms with Crippen LogP contribution in [0, 0.1) is 11.6 Å². The molecule has 0 saturated carbocycles. The lowest BCUT2D eigenvalue weighted by Crippen LogP contribution is -2.08. The number of nitrogen functional groups attached to an aromatic ring is 1. The molecule has 38 heavy (non-hydrogen) atoms. The maximum Gasteiger partial charge on any atom is 0.164 e. The molecule has 188 valence electrons. The molecule has 0 unspecified atom stereocenters. The number of halogens is 2. The topological polar surface area (TPSA) is 129 Å². The van der Waals surface area contributed by atoms with E-state index in [2.05, 4.69) is 9.97 Å². The van der Waals surface area contributed by atoms with Crippen molar-refractivity contribution in [1.82, 2.24) is 24.7 Å². The zero-order valence-electron chi connectivity index (χ0n) is 19.9. The van der Waals surface area contributed by atoms with Crippen molar-refractivity contribution in [2.75, 3.05) is 5.73 Å². The standard InChI is InChI=1S/C28H21F2N7O/c29-19-6-5-16(12-31)22(11-19)25-18(7-15-3-1-2-4-23(15)35-25)13-37-28-24(27(32)33-14-34-28)26(36-37)17-8-20(30)10-21(38)9-17/h1-11,14,38H,12-13,31H2,(H2,32,33,34). The fourth-order valence-corrected chi connectivity index (χ4v) is 4.68. The Morgan fingerprint density at radius 1 is 0.868 bits per heavy atom. The number of benzene rings is 3. The molecule has 0 saturated heterocycles. The maximum atomic E-state index is 14.4. The molecule has 3 heterocycles. The molecule has 0 radical (unpaired) electrons. The molecule has 3 aromatic carbocycles. The van der Waals surface area contributed by atoms with Gasteiger partial charge in [-0.3, -0.25) is 0 Å². The van der Waals surface area contributed by atoms with Crippen LogP contribution in [0.15, 0.2) is 73.1 Å². The first-order chi connectivity index (χ1) is 18.4. The van der Waals surface area contributed by atoms with E-state index in [1.807, 2.05) is 30.3 Å². The molecule has 8 nitrogen and oxygen atoms in total. The third kappa shape index (κ3) is 4.06. The zero-order valence-corrected chi connectivity index (χ0v) is 19.9. The highest BCUT2D eigenvalue weighted by atomic mass is 19.1. The Labute approximate surface area is 215 Å². The Bertz CT molecular complexity index is 1830. The van der Waals surface area contributed by atoms with Crippen LogP contribution in [0.4, 0.5) is 14.6 Å². The molecule has 6 aromatic rings. The lowest BCUT2D eigenvalue weighted by Gasteiger charge is -2.14. The molecule has 0 spiro atoms. The largest absolute Gasteiger partial charge is 0.508 e. The molecular formula is C28H21F2N7O. The van der Waals surface area contributed by atoms with Crippen LogP contribution >= 0.6 is 0 Å². The van der Waals surface area contributed by atoms with Crippen LogP contribution in [-0.2, 0) is 13.1 Å².